The van der Waals surface area contributed by atoms with Crippen LogP contribution in [0.5, 0.6) is 0 Å². The quantitative estimate of drug-likeness (QED) is 0.889. The van der Waals surface area contributed by atoms with E-state index in [1.807, 2.05) is 24.3 Å². The third-order valence-corrected chi connectivity index (χ3v) is 3.42. The Morgan fingerprint density at radius 3 is 3.11 bits per heavy atom. The fraction of sp³-hybridized carbons (Fsp3) is 0.533. The van der Waals surface area contributed by atoms with Gasteiger partial charge in [0.2, 0.25) is 0 Å². The lowest BCUT2D eigenvalue weighted by Crippen LogP contribution is -2.48. The van der Waals surface area contributed by atoms with Gasteiger partial charge in [0.25, 0.3) is 0 Å². The number of hydrogen-bond donors (Lipinski definition) is 1. The van der Waals surface area contributed by atoms with Crippen LogP contribution >= 0.6 is 0 Å². The van der Waals surface area contributed by atoms with Crippen molar-refractivity contribution in [2.24, 2.45) is 0 Å². The monoisotopic (exact) mass is 244 g/mol. The molecule has 1 N–H and O–H groups in total. The molecule has 3 nitrogen and oxygen atoms in total. The first-order valence-corrected chi connectivity index (χ1v) is 6.55. The number of rotatable bonds is 3. The van der Waals surface area contributed by atoms with Crippen LogP contribution in [0.2, 0.25) is 0 Å². The molecule has 0 saturated carbocycles. The zero-order valence-corrected chi connectivity index (χ0v) is 11.1. The van der Waals surface area contributed by atoms with Gasteiger partial charge in [-0.1, -0.05) is 25.5 Å². The molecule has 0 radical (unpaired) electrons. The van der Waals surface area contributed by atoms with Gasteiger partial charge in [-0.3, -0.25) is 0 Å². The first kappa shape index (κ1) is 13.1. The molecule has 18 heavy (non-hydrogen) atoms. The third kappa shape index (κ3) is 2.90. The van der Waals surface area contributed by atoms with Crippen LogP contribution < -0.4 is 5.32 Å². The molecule has 1 aromatic carbocycles. The van der Waals surface area contributed by atoms with Crippen LogP contribution in [0.3, 0.4) is 0 Å². The standard InChI is InChI=1S/C15H20N2O/c1-3-7-15(2)11-17-10-14(18-15)13-6-4-5-12(8-13)9-16/h4-6,8,14,17H,3,7,10-11H2,1-2H3. The molecule has 1 heterocycles. The van der Waals surface area contributed by atoms with E-state index in [1.165, 1.54) is 0 Å². The number of nitrogens with zero attached hydrogens (tertiary/aromatic N) is 1. The molecule has 0 aromatic heterocycles. The van der Waals surface area contributed by atoms with Crippen LogP contribution in [0, 0.1) is 11.3 Å². The van der Waals surface area contributed by atoms with Crippen LogP contribution in [-0.2, 0) is 4.74 Å². The summed E-state index contributed by atoms with van der Waals surface area (Å²) in [6.07, 6.45) is 2.21. The topological polar surface area (TPSA) is 45.0 Å². The molecule has 2 unspecified atom stereocenters. The van der Waals surface area contributed by atoms with Crippen LogP contribution in [0.4, 0.5) is 0 Å². The van der Waals surface area contributed by atoms with Gasteiger partial charge in [0.15, 0.2) is 0 Å². The van der Waals surface area contributed by atoms with Crippen molar-refractivity contribution in [2.75, 3.05) is 13.1 Å². The maximum atomic E-state index is 8.94. The number of morpholine rings is 1. The lowest BCUT2D eigenvalue weighted by atomic mass is 9.96. The van der Waals surface area contributed by atoms with Gasteiger partial charge in [0.1, 0.15) is 0 Å². The Hall–Kier alpha value is -1.37. The largest absolute Gasteiger partial charge is 0.365 e. The van der Waals surface area contributed by atoms with Crippen molar-refractivity contribution in [2.45, 2.75) is 38.4 Å². The van der Waals surface area contributed by atoms with E-state index in [0.717, 1.165) is 31.5 Å². The predicted octanol–water partition coefficient (Wildman–Crippen LogP) is 2.78. The number of nitriles is 1. The minimum Gasteiger partial charge on any atom is -0.365 e. The molecular weight excluding hydrogens is 224 g/mol. The summed E-state index contributed by atoms with van der Waals surface area (Å²) in [6, 6.07) is 9.87. The molecule has 2 rings (SSSR count). The number of nitrogens with one attached hydrogen (secondary N) is 1. The highest BCUT2D eigenvalue weighted by atomic mass is 16.5. The van der Waals surface area contributed by atoms with Crippen molar-refractivity contribution in [1.82, 2.24) is 5.32 Å². The molecule has 3 heteroatoms. The average molecular weight is 244 g/mol. The van der Waals surface area contributed by atoms with Gasteiger partial charge < -0.3 is 10.1 Å². The first-order valence-electron chi connectivity index (χ1n) is 6.55. The summed E-state index contributed by atoms with van der Waals surface area (Å²) in [5.41, 5.74) is 1.68. The molecule has 0 bridgehead atoms. The highest BCUT2D eigenvalue weighted by Crippen LogP contribution is 2.30. The van der Waals surface area contributed by atoms with Gasteiger partial charge in [-0.05, 0) is 31.0 Å². The van der Waals surface area contributed by atoms with Gasteiger partial charge in [0, 0.05) is 13.1 Å². The maximum absolute atomic E-state index is 8.94. The molecule has 96 valence electrons. The number of ether oxygens (including phenoxy) is 1. The second-order valence-electron chi connectivity index (χ2n) is 5.17. The van der Waals surface area contributed by atoms with E-state index in [9.17, 15) is 0 Å². The van der Waals surface area contributed by atoms with E-state index < -0.39 is 0 Å². The average Bonchev–Trinajstić information content (AvgIpc) is 2.39. The first-order chi connectivity index (χ1) is 8.67. The van der Waals surface area contributed by atoms with Crippen molar-refractivity contribution in [3.63, 3.8) is 0 Å². The van der Waals surface area contributed by atoms with Crippen molar-refractivity contribution < 1.29 is 4.74 Å². The van der Waals surface area contributed by atoms with Gasteiger partial charge in [-0.2, -0.15) is 5.26 Å². The minimum atomic E-state index is -0.0969. The molecule has 0 spiro atoms. The van der Waals surface area contributed by atoms with Crippen LogP contribution in [0.1, 0.15) is 43.9 Å². The van der Waals surface area contributed by atoms with Crippen LogP contribution in [0.25, 0.3) is 0 Å². The van der Waals surface area contributed by atoms with Crippen molar-refractivity contribution in [3.8, 4) is 6.07 Å². The van der Waals surface area contributed by atoms with E-state index >= 15 is 0 Å². The van der Waals surface area contributed by atoms with E-state index in [2.05, 4.69) is 25.2 Å². The molecule has 0 aliphatic carbocycles. The summed E-state index contributed by atoms with van der Waals surface area (Å²) in [5, 5.41) is 12.4. The summed E-state index contributed by atoms with van der Waals surface area (Å²) in [7, 11) is 0. The van der Waals surface area contributed by atoms with Crippen molar-refractivity contribution in [1.29, 1.82) is 5.26 Å². The predicted molar refractivity (Wildman–Crippen MR) is 71.2 cm³/mol. The fourth-order valence-electron chi connectivity index (χ4n) is 2.56. The molecule has 1 aromatic rings. The zero-order valence-electron chi connectivity index (χ0n) is 11.1. The summed E-state index contributed by atoms with van der Waals surface area (Å²) in [6.45, 7) is 6.04. The maximum Gasteiger partial charge on any atom is 0.0991 e. The second kappa shape index (κ2) is 5.51. The SMILES string of the molecule is CCCC1(C)CNCC(c2cccc(C#N)c2)O1. The molecule has 1 fully saturated rings. The van der Waals surface area contributed by atoms with Crippen LogP contribution in [0.15, 0.2) is 24.3 Å². The summed E-state index contributed by atoms with van der Waals surface area (Å²) < 4.78 is 6.23. The Kier molecular flexibility index (Phi) is 4.00. The smallest absolute Gasteiger partial charge is 0.0991 e. The highest BCUT2D eigenvalue weighted by molar-refractivity contribution is 5.34. The minimum absolute atomic E-state index is 0.0450. The van der Waals surface area contributed by atoms with E-state index in [4.69, 9.17) is 10.00 Å². The highest BCUT2D eigenvalue weighted by Gasteiger charge is 2.32. The Morgan fingerprint density at radius 2 is 2.39 bits per heavy atom. The van der Waals surface area contributed by atoms with E-state index in [-0.39, 0.29) is 11.7 Å². The molecule has 1 aliphatic rings. The van der Waals surface area contributed by atoms with E-state index in [0.29, 0.717) is 5.56 Å². The normalized spacial score (nSPS) is 27.7. The summed E-state index contributed by atoms with van der Waals surface area (Å²) >= 11 is 0. The van der Waals surface area contributed by atoms with Gasteiger partial charge in [-0.15, -0.1) is 0 Å². The van der Waals surface area contributed by atoms with Gasteiger partial charge in [-0.25, -0.2) is 0 Å². The Balaban J connectivity index is 2.15. The van der Waals surface area contributed by atoms with Crippen molar-refractivity contribution in [3.05, 3.63) is 35.4 Å². The molecular formula is C15H20N2O. The Labute approximate surface area is 109 Å². The second-order valence-corrected chi connectivity index (χ2v) is 5.17. The van der Waals surface area contributed by atoms with Crippen LogP contribution in [-0.4, -0.2) is 18.7 Å². The lowest BCUT2D eigenvalue weighted by Gasteiger charge is -2.39. The molecule has 2 atom stereocenters. The summed E-state index contributed by atoms with van der Waals surface area (Å²) in [4.78, 5) is 0. The molecule has 0 amide bonds. The Bertz CT molecular complexity index is 448. The zero-order chi connectivity index (χ0) is 13.0. The lowest BCUT2D eigenvalue weighted by molar-refractivity contribution is -0.112. The van der Waals surface area contributed by atoms with E-state index in [1.54, 1.807) is 0 Å². The fourth-order valence-corrected chi connectivity index (χ4v) is 2.56. The van der Waals surface area contributed by atoms with Gasteiger partial charge in [0.05, 0.1) is 23.3 Å². The third-order valence-electron chi connectivity index (χ3n) is 3.42. The number of hydrogen-bond acceptors (Lipinski definition) is 3. The molecule has 1 saturated heterocycles. The van der Waals surface area contributed by atoms with Gasteiger partial charge >= 0.3 is 0 Å². The van der Waals surface area contributed by atoms with Crippen molar-refractivity contribution >= 4 is 0 Å². The Morgan fingerprint density at radius 1 is 1.56 bits per heavy atom. The summed E-state index contributed by atoms with van der Waals surface area (Å²) in [5.74, 6) is 0. The number of benzene rings is 1. The molecule has 1 aliphatic heterocycles.